The lowest BCUT2D eigenvalue weighted by Crippen LogP contribution is -2.52. The SMILES string of the molecule is C#CCOCCOCCOCCNc1nc(N2CCN(C(=O)[C@H](CCC(=O)O)n3cc(C(N)CO)nn3)CC2)nc(N2CCN(C(=O)[C@H](Cc3cc4ccccc4[nH]3)n3cc(C(N)[C@H](C)CC)nn3)CC2)n1. The monoisotopic (exact) mass is 998 g/mol. The number of nitrogens with two attached hydrogens (primary N) is 2. The molecule has 2 unspecified atom stereocenters. The highest BCUT2D eigenvalue weighted by atomic mass is 16.5. The van der Waals surface area contributed by atoms with E-state index in [0.29, 0.717) is 109 Å². The number of nitrogens with zero attached hydrogens (tertiary/aromatic N) is 13. The number of hydrogen-bond donors (Lipinski definition) is 6. The molecule has 5 atom stereocenters. The third kappa shape index (κ3) is 14.0. The fourth-order valence-corrected chi connectivity index (χ4v) is 8.42. The third-order valence-corrected chi connectivity index (χ3v) is 12.9. The number of H-pyrrole nitrogens is 1. The van der Waals surface area contributed by atoms with Crippen LogP contribution in [0.1, 0.15) is 74.4 Å². The van der Waals surface area contributed by atoms with Gasteiger partial charge < -0.3 is 65.8 Å². The van der Waals surface area contributed by atoms with E-state index in [9.17, 15) is 24.6 Å². The van der Waals surface area contributed by atoms with Crippen molar-refractivity contribution in [1.29, 1.82) is 0 Å². The normalized spacial score (nSPS) is 16.3. The Kier molecular flexibility index (Phi) is 19.2. The predicted molar refractivity (Wildman–Crippen MR) is 265 cm³/mol. The first-order chi connectivity index (χ1) is 35.0. The molecule has 2 amide bonds. The molecule has 0 bridgehead atoms. The number of para-hydroxylation sites is 1. The average Bonchev–Trinajstić information content (AvgIpc) is 4.20. The van der Waals surface area contributed by atoms with E-state index >= 15 is 0 Å². The van der Waals surface area contributed by atoms with Crippen molar-refractivity contribution in [2.24, 2.45) is 17.4 Å². The molecule has 72 heavy (non-hydrogen) atoms. The molecule has 2 aliphatic rings. The molecule has 25 heteroatoms. The zero-order valence-corrected chi connectivity index (χ0v) is 41.0. The van der Waals surface area contributed by atoms with Crippen molar-refractivity contribution in [3.05, 3.63) is 59.8 Å². The van der Waals surface area contributed by atoms with Gasteiger partial charge in [0.25, 0.3) is 0 Å². The number of nitrogens with one attached hydrogen (secondary N) is 2. The largest absolute Gasteiger partial charge is 0.481 e. The van der Waals surface area contributed by atoms with E-state index in [1.807, 2.05) is 39.0 Å². The smallest absolute Gasteiger partial charge is 0.303 e. The van der Waals surface area contributed by atoms with E-state index in [1.165, 1.54) is 10.9 Å². The molecule has 0 aliphatic carbocycles. The van der Waals surface area contributed by atoms with E-state index in [4.69, 9.17) is 47.1 Å². The van der Waals surface area contributed by atoms with Crippen molar-refractivity contribution >= 4 is 46.5 Å². The van der Waals surface area contributed by atoms with Crippen LogP contribution in [0.5, 0.6) is 0 Å². The minimum atomic E-state index is -1.05. The molecule has 2 aliphatic heterocycles. The van der Waals surface area contributed by atoms with E-state index in [0.717, 1.165) is 23.0 Å². The van der Waals surface area contributed by atoms with Crippen LogP contribution in [0.4, 0.5) is 17.8 Å². The van der Waals surface area contributed by atoms with Gasteiger partial charge in [0, 0.05) is 83.0 Å². The van der Waals surface area contributed by atoms with Crippen LogP contribution in [0.25, 0.3) is 10.9 Å². The Morgan fingerprint density at radius 1 is 0.819 bits per heavy atom. The molecule has 388 valence electrons. The molecule has 7 rings (SSSR count). The molecule has 5 aromatic rings. The van der Waals surface area contributed by atoms with Gasteiger partial charge in [0.1, 0.15) is 24.4 Å². The molecule has 1 aromatic carbocycles. The summed E-state index contributed by atoms with van der Waals surface area (Å²) in [7, 11) is 0. The number of aromatic amines is 1. The molecule has 2 saturated heterocycles. The number of hydrogen-bond acceptors (Lipinski definition) is 19. The number of aliphatic carboxylic acids is 1. The molecule has 25 nitrogen and oxygen atoms in total. The molecule has 4 aromatic heterocycles. The van der Waals surface area contributed by atoms with Crippen molar-refractivity contribution < 1.29 is 38.8 Å². The van der Waals surface area contributed by atoms with Gasteiger partial charge in [-0.05, 0) is 29.9 Å². The minimum Gasteiger partial charge on any atom is -0.481 e. The number of terminal acetylenes is 1. The molecule has 0 saturated carbocycles. The number of ether oxygens (including phenoxy) is 3. The third-order valence-electron chi connectivity index (χ3n) is 12.9. The molecule has 0 spiro atoms. The van der Waals surface area contributed by atoms with Gasteiger partial charge in [-0.3, -0.25) is 14.4 Å². The van der Waals surface area contributed by atoms with Crippen LogP contribution in [0.2, 0.25) is 0 Å². The molecular formula is C47H67N17O8. The van der Waals surface area contributed by atoms with Gasteiger partial charge in [-0.15, -0.1) is 16.6 Å². The fraction of sp³-hybridized carbons (Fsp3) is 0.574. The summed E-state index contributed by atoms with van der Waals surface area (Å²) >= 11 is 0. The molecule has 0 radical (unpaired) electrons. The first-order valence-electron chi connectivity index (χ1n) is 24.4. The fourth-order valence-electron chi connectivity index (χ4n) is 8.42. The average molecular weight is 998 g/mol. The van der Waals surface area contributed by atoms with Crippen LogP contribution in [0, 0.1) is 18.3 Å². The number of piperazine rings is 2. The van der Waals surface area contributed by atoms with E-state index in [2.05, 4.69) is 56.8 Å². The van der Waals surface area contributed by atoms with E-state index < -0.39 is 24.1 Å². The van der Waals surface area contributed by atoms with Crippen LogP contribution >= 0.6 is 0 Å². The number of carboxylic acids is 1. The first kappa shape index (κ1) is 53.0. The molecular weight excluding hydrogens is 931 g/mol. The highest BCUT2D eigenvalue weighted by Gasteiger charge is 2.34. The van der Waals surface area contributed by atoms with Crippen LogP contribution in [-0.2, 0) is 35.0 Å². The van der Waals surface area contributed by atoms with Crippen LogP contribution in [0.15, 0.2) is 42.7 Å². The van der Waals surface area contributed by atoms with Gasteiger partial charge in [-0.2, -0.15) is 15.0 Å². The lowest BCUT2D eigenvalue weighted by Gasteiger charge is -2.38. The molecule has 8 N–H and O–H groups in total. The van der Waals surface area contributed by atoms with Crippen LogP contribution < -0.4 is 26.6 Å². The number of carboxylic acid groups (broad SMARTS) is 1. The Bertz CT molecular complexity index is 2530. The standard InChI is InChI=1S/C47H67N17O8/c1-4-21-70-23-25-72-26-24-71-22-12-50-45-52-46(61-17-13-59(14-18-61)43(68)39(10-11-41(66)67)63-29-37(55-57-63)35(48)31-65)54-47(53-45)62-19-15-60(16-20-62)44(69)40(28-34-27-33-8-6-7-9-36(33)51-34)64-30-38(56-58-64)42(49)32(3)5-2/h1,6-9,27,29-30,32,35,39-40,42,51,65H,5,10-26,28,31,48-49H2,2-3H3,(H,66,67)(H,50,52,53,54)/t32-,35?,39+,40+,42?/m1/s1. The van der Waals surface area contributed by atoms with Gasteiger partial charge in [-0.1, -0.05) is 54.8 Å². The van der Waals surface area contributed by atoms with E-state index in [-0.39, 0.29) is 68.6 Å². The number of benzene rings is 1. The number of carbonyl (C=O) groups excluding carboxylic acids is 2. The summed E-state index contributed by atoms with van der Waals surface area (Å²) in [4.78, 5) is 65.7. The summed E-state index contributed by atoms with van der Waals surface area (Å²) in [6, 6.07) is 7.29. The number of rotatable bonds is 27. The molecule has 2 fully saturated rings. The number of amides is 2. The number of anilines is 3. The minimum absolute atomic E-state index is 0.0195. The maximum Gasteiger partial charge on any atom is 0.303 e. The van der Waals surface area contributed by atoms with Crippen molar-refractivity contribution in [3.8, 4) is 12.3 Å². The zero-order valence-electron chi connectivity index (χ0n) is 41.0. The quantitative estimate of drug-likeness (QED) is 0.0309. The zero-order chi connectivity index (χ0) is 51.0. The first-order valence-corrected chi connectivity index (χ1v) is 24.4. The number of fused-ring (bicyclic) bond motifs is 1. The number of aromatic nitrogens is 10. The van der Waals surface area contributed by atoms with E-state index in [1.54, 1.807) is 15.8 Å². The van der Waals surface area contributed by atoms with Crippen molar-refractivity contribution in [2.75, 3.05) is 120 Å². The maximum atomic E-state index is 14.6. The molecule has 6 heterocycles. The second-order valence-electron chi connectivity index (χ2n) is 17.8. The predicted octanol–water partition coefficient (Wildman–Crippen LogP) is 0.556. The Hall–Kier alpha value is -6.82. The van der Waals surface area contributed by atoms with Crippen LogP contribution in [-0.4, -0.2) is 193 Å². The maximum absolute atomic E-state index is 14.6. The lowest BCUT2D eigenvalue weighted by molar-refractivity contribution is -0.139. The second-order valence-corrected chi connectivity index (χ2v) is 17.8. The summed E-state index contributed by atoms with van der Waals surface area (Å²) in [5.74, 6) is 2.26. The Morgan fingerprint density at radius 2 is 1.40 bits per heavy atom. The van der Waals surface area contributed by atoms with Gasteiger partial charge >= 0.3 is 5.97 Å². The highest BCUT2D eigenvalue weighted by molar-refractivity contribution is 5.83. The van der Waals surface area contributed by atoms with Crippen molar-refractivity contribution in [2.45, 2.75) is 63.7 Å². The number of aliphatic hydroxyl groups is 1. The van der Waals surface area contributed by atoms with Crippen LogP contribution in [0.3, 0.4) is 0 Å². The van der Waals surface area contributed by atoms with Gasteiger partial charge in [-0.25, -0.2) is 9.36 Å². The number of aliphatic hydroxyl groups excluding tert-OH is 1. The topological polar surface area (TPSA) is 312 Å². The Morgan fingerprint density at radius 3 is 2.01 bits per heavy atom. The second kappa shape index (κ2) is 26.0. The number of carbonyl (C=O) groups is 3. The summed E-state index contributed by atoms with van der Waals surface area (Å²) in [6.45, 7) is 9.22. The summed E-state index contributed by atoms with van der Waals surface area (Å²) in [5, 5.41) is 40.3. The van der Waals surface area contributed by atoms with Crippen molar-refractivity contribution in [1.82, 2.24) is 59.7 Å². The van der Waals surface area contributed by atoms with Gasteiger partial charge in [0.05, 0.1) is 69.8 Å². The Labute approximate surface area is 417 Å². The highest BCUT2D eigenvalue weighted by Crippen LogP contribution is 2.27. The summed E-state index contributed by atoms with van der Waals surface area (Å²) in [6.07, 6.45) is 9.42. The van der Waals surface area contributed by atoms with Crippen molar-refractivity contribution in [3.63, 3.8) is 0 Å². The lowest BCUT2D eigenvalue weighted by atomic mass is 9.98. The van der Waals surface area contributed by atoms with Gasteiger partial charge in [0.15, 0.2) is 0 Å². The summed E-state index contributed by atoms with van der Waals surface area (Å²) < 4.78 is 19.5. The summed E-state index contributed by atoms with van der Waals surface area (Å²) in [5.41, 5.74) is 15.3. The Balaban J connectivity index is 1.04. The van der Waals surface area contributed by atoms with Gasteiger partial charge in [0.2, 0.25) is 29.7 Å².